The zero-order valence-corrected chi connectivity index (χ0v) is 12.9. The largest absolute Gasteiger partial charge is 0.459 e. The Morgan fingerprint density at radius 1 is 1.35 bits per heavy atom. The zero-order valence-electron chi connectivity index (χ0n) is 12.1. The maximum atomic E-state index is 12.0. The van der Waals surface area contributed by atoms with Crippen LogP contribution in [-0.4, -0.2) is 17.0 Å². The van der Waals surface area contributed by atoms with Crippen LogP contribution in [0.2, 0.25) is 0 Å². The van der Waals surface area contributed by atoms with Crippen molar-refractivity contribution in [3.05, 3.63) is 58.7 Å². The molecule has 0 aromatic carbocycles. The SMILES string of the molecule is Cc1cc(COC(=O)c2ccc(NC(=O)c3ccco3)s2)no1. The molecule has 0 fully saturated rings. The molecular formula is C15H12N2O5S. The second-order valence-corrected chi connectivity index (χ2v) is 5.68. The quantitative estimate of drug-likeness (QED) is 0.721. The van der Waals surface area contributed by atoms with Gasteiger partial charge in [0.15, 0.2) is 5.76 Å². The van der Waals surface area contributed by atoms with Crippen molar-refractivity contribution in [2.24, 2.45) is 0 Å². The number of esters is 1. The van der Waals surface area contributed by atoms with Gasteiger partial charge in [-0.2, -0.15) is 0 Å². The Hall–Kier alpha value is -2.87. The molecule has 8 heteroatoms. The maximum Gasteiger partial charge on any atom is 0.348 e. The van der Waals surface area contributed by atoms with Crippen molar-refractivity contribution in [1.82, 2.24) is 5.16 Å². The highest BCUT2D eigenvalue weighted by atomic mass is 32.1. The number of carbonyl (C=O) groups excluding carboxylic acids is 2. The van der Waals surface area contributed by atoms with Gasteiger partial charge in [0.05, 0.1) is 11.3 Å². The number of nitrogens with one attached hydrogen (secondary N) is 1. The summed E-state index contributed by atoms with van der Waals surface area (Å²) in [7, 11) is 0. The number of amides is 1. The van der Waals surface area contributed by atoms with E-state index in [0.717, 1.165) is 11.3 Å². The maximum absolute atomic E-state index is 12.0. The number of nitrogens with zero attached hydrogens (tertiary/aromatic N) is 1. The van der Waals surface area contributed by atoms with Crippen molar-refractivity contribution in [3.8, 4) is 0 Å². The van der Waals surface area contributed by atoms with Crippen molar-refractivity contribution in [3.63, 3.8) is 0 Å². The Labute approximate surface area is 134 Å². The lowest BCUT2D eigenvalue weighted by Gasteiger charge is -2.00. The topological polar surface area (TPSA) is 94.6 Å². The molecule has 3 aromatic heterocycles. The Bertz CT molecular complexity index is 819. The third kappa shape index (κ3) is 3.67. The minimum absolute atomic E-state index is 0.0299. The van der Waals surface area contributed by atoms with Crippen LogP contribution >= 0.6 is 11.3 Å². The molecule has 1 N–H and O–H groups in total. The van der Waals surface area contributed by atoms with Crippen LogP contribution in [0.25, 0.3) is 0 Å². The van der Waals surface area contributed by atoms with E-state index in [9.17, 15) is 9.59 Å². The molecule has 3 aromatic rings. The average Bonchev–Trinajstić information content (AvgIpc) is 3.26. The van der Waals surface area contributed by atoms with Crippen LogP contribution in [0.5, 0.6) is 0 Å². The van der Waals surface area contributed by atoms with E-state index in [4.69, 9.17) is 13.7 Å². The predicted molar refractivity (Wildman–Crippen MR) is 81.3 cm³/mol. The predicted octanol–water partition coefficient (Wildman–Crippen LogP) is 3.25. The molecule has 0 saturated heterocycles. The normalized spacial score (nSPS) is 10.5. The third-order valence-corrected chi connectivity index (χ3v) is 3.80. The summed E-state index contributed by atoms with van der Waals surface area (Å²) >= 11 is 1.11. The van der Waals surface area contributed by atoms with Gasteiger partial charge in [0.25, 0.3) is 5.91 Å². The first kappa shape index (κ1) is 15.0. The van der Waals surface area contributed by atoms with Crippen LogP contribution in [0.15, 0.2) is 45.5 Å². The molecule has 0 unspecified atom stereocenters. The summed E-state index contributed by atoms with van der Waals surface area (Å²) in [6.45, 7) is 1.79. The number of hydrogen-bond acceptors (Lipinski definition) is 7. The fourth-order valence-corrected chi connectivity index (χ4v) is 2.59. The zero-order chi connectivity index (χ0) is 16.2. The van der Waals surface area contributed by atoms with Crippen LogP contribution in [0.3, 0.4) is 0 Å². The Morgan fingerprint density at radius 2 is 2.22 bits per heavy atom. The number of aryl methyl sites for hydroxylation is 1. The fourth-order valence-electron chi connectivity index (χ4n) is 1.79. The smallest absolute Gasteiger partial charge is 0.348 e. The van der Waals surface area contributed by atoms with Gasteiger partial charge in [0.1, 0.15) is 22.9 Å². The van der Waals surface area contributed by atoms with E-state index in [1.807, 2.05) is 0 Å². The summed E-state index contributed by atoms with van der Waals surface area (Å²) in [6, 6.07) is 8.08. The molecule has 0 aliphatic heterocycles. The molecular weight excluding hydrogens is 320 g/mol. The van der Waals surface area contributed by atoms with Gasteiger partial charge in [0, 0.05) is 6.07 Å². The van der Waals surface area contributed by atoms with E-state index in [0.29, 0.717) is 21.3 Å². The molecule has 0 spiro atoms. The van der Waals surface area contributed by atoms with Gasteiger partial charge in [-0.05, 0) is 31.2 Å². The molecule has 3 heterocycles. The molecule has 118 valence electrons. The lowest BCUT2D eigenvalue weighted by Crippen LogP contribution is -2.09. The molecule has 0 atom stereocenters. The number of rotatable bonds is 5. The number of furan rings is 1. The second-order valence-electron chi connectivity index (χ2n) is 4.60. The second kappa shape index (κ2) is 6.49. The van der Waals surface area contributed by atoms with Gasteiger partial charge >= 0.3 is 5.97 Å². The van der Waals surface area contributed by atoms with E-state index in [1.54, 1.807) is 37.3 Å². The fraction of sp³-hybridized carbons (Fsp3) is 0.133. The summed E-state index contributed by atoms with van der Waals surface area (Å²) in [4.78, 5) is 24.2. The number of anilines is 1. The number of carbonyl (C=O) groups is 2. The highest BCUT2D eigenvalue weighted by Crippen LogP contribution is 2.23. The molecule has 7 nitrogen and oxygen atoms in total. The summed E-state index contributed by atoms with van der Waals surface area (Å²) in [5.41, 5.74) is 0.541. The Balaban J connectivity index is 1.57. The molecule has 0 saturated carbocycles. The minimum Gasteiger partial charge on any atom is -0.459 e. The van der Waals surface area contributed by atoms with E-state index in [-0.39, 0.29) is 18.3 Å². The minimum atomic E-state index is -0.492. The third-order valence-electron chi connectivity index (χ3n) is 2.82. The molecule has 0 aliphatic rings. The van der Waals surface area contributed by atoms with Gasteiger partial charge < -0.3 is 19.0 Å². The summed E-state index contributed by atoms with van der Waals surface area (Å²) in [5, 5.41) is 6.91. The van der Waals surface area contributed by atoms with Crippen LogP contribution in [0.1, 0.15) is 31.7 Å². The monoisotopic (exact) mass is 332 g/mol. The van der Waals surface area contributed by atoms with Gasteiger partial charge in [-0.3, -0.25) is 4.79 Å². The van der Waals surface area contributed by atoms with E-state index >= 15 is 0 Å². The first-order chi connectivity index (χ1) is 11.1. The highest BCUT2D eigenvalue weighted by molar-refractivity contribution is 7.18. The number of aromatic nitrogens is 1. The average molecular weight is 332 g/mol. The molecule has 1 amide bonds. The molecule has 0 radical (unpaired) electrons. The van der Waals surface area contributed by atoms with Crippen molar-refractivity contribution in [1.29, 1.82) is 0 Å². The van der Waals surface area contributed by atoms with Crippen LogP contribution < -0.4 is 5.32 Å². The Kier molecular flexibility index (Phi) is 4.24. The van der Waals surface area contributed by atoms with Crippen LogP contribution in [0.4, 0.5) is 5.00 Å². The Morgan fingerprint density at radius 3 is 2.91 bits per heavy atom. The standard InChI is InChI=1S/C15H12N2O5S/c1-9-7-10(17-22-9)8-21-15(19)12-4-5-13(23-12)16-14(18)11-3-2-6-20-11/h2-7H,8H2,1H3,(H,16,18). The van der Waals surface area contributed by atoms with Gasteiger partial charge in [-0.15, -0.1) is 11.3 Å². The summed E-state index contributed by atoms with van der Waals surface area (Å²) in [5.74, 6) is -0.0250. The number of thiophene rings is 1. The van der Waals surface area contributed by atoms with Crippen molar-refractivity contribution >= 4 is 28.2 Å². The molecule has 0 aliphatic carbocycles. The molecule has 0 bridgehead atoms. The van der Waals surface area contributed by atoms with Crippen LogP contribution in [-0.2, 0) is 11.3 Å². The first-order valence-electron chi connectivity index (χ1n) is 6.66. The number of hydrogen-bond donors (Lipinski definition) is 1. The summed E-state index contributed by atoms with van der Waals surface area (Å²) < 4.78 is 15.0. The highest BCUT2D eigenvalue weighted by Gasteiger charge is 2.15. The van der Waals surface area contributed by atoms with Crippen molar-refractivity contribution in [2.75, 3.05) is 5.32 Å². The van der Waals surface area contributed by atoms with E-state index in [1.165, 1.54) is 6.26 Å². The van der Waals surface area contributed by atoms with Gasteiger partial charge in [0.2, 0.25) is 0 Å². The van der Waals surface area contributed by atoms with Crippen molar-refractivity contribution in [2.45, 2.75) is 13.5 Å². The lowest BCUT2D eigenvalue weighted by atomic mass is 10.4. The van der Waals surface area contributed by atoms with Crippen molar-refractivity contribution < 1.29 is 23.3 Å². The summed E-state index contributed by atoms with van der Waals surface area (Å²) in [6.07, 6.45) is 1.41. The molecule has 23 heavy (non-hydrogen) atoms. The van der Waals surface area contributed by atoms with E-state index < -0.39 is 5.97 Å². The lowest BCUT2D eigenvalue weighted by molar-refractivity contribution is 0.0470. The van der Waals surface area contributed by atoms with E-state index in [2.05, 4.69) is 10.5 Å². The molecule has 3 rings (SSSR count). The number of ether oxygens (including phenoxy) is 1. The van der Waals surface area contributed by atoms with Crippen LogP contribution in [0, 0.1) is 6.92 Å². The first-order valence-corrected chi connectivity index (χ1v) is 7.47. The van der Waals surface area contributed by atoms with Gasteiger partial charge in [-0.1, -0.05) is 5.16 Å². The van der Waals surface area contributed by atoms with Gasteiger partial charge in [-0.25, -0.2) is 4.79 Å².